The highest BCUT2D eigenvalue weighted by molar-refractivity contribution is 5.38. The molecule has 0 aromatic rings. The molecule has 0 saturated carbocycles. The van der Waals surface area contributed by atoms with Crippen molar-refractivity contribution in [3.8, 4) is 0 Å². The molecule has 1 heterocycles. The van der Waals surface area contributed by atoms with Crippen molar-refractivity contribution >= 4 is 0 Å². The van der Waals surface area contributed by atoms with Gasteiger partial charge in [-0.25, -0.2) is 0 Å². The smallest absolute Gasteiger partial charge is 0.0331 e. The molecule has 0 saturated heterocycles. The largest absolute Gasteiger partial charge is 0.385 e. The number of hydrogen-bond donors (Lipinski definition) is 1. The Labute approximate surface area is 55.5 Å². The van der Waals surface area contributed by atoms with E-state index in [2.05, 4.69) is 23.9 Å². The Morgan fingerprint density at radius 2 is 2.44 bits per heavy atom. The highest BCUT2D eigenvalue weighted by atomic mass is 14.9. The number of rotatable bonds is 0. The fraction of sp³-hybridized carbons (Fsp3) is 0.375. The maximum atomic E-state index is 3.34. The Kier molecular flexibility index (Phi) is 1.08. The third-order valence-corrected chi connectivity index (χ3v) is 1.84. The molecule has 47 valence electrons. The zero-order valence-corrected chi connectivity index (χ0v) is 5.35. The van der Waals surface area contributed by atoms with Gasteiger partial charge >= 0.3 is 0 Å². The Morgan fingerprint density at radius 1 is 1.44 bits per heavy atom. The second-order valence-electron chi connectivity index (χ2n) is 2.46. The van der Waals surface area contributed by atoms with Crippen LogP contribution in [0.3, 0.4) is 0 Å². The van der Waals surface area contributed by atoms with Crippen LogP contribution in [0.2, 0.25) is 0 Å². The van der Waals surface area contributed by atoms with Gasteiger partial charge in [-0.2, -0.15) is 0 Å². The Hall–Kier alpha value is -0.720. The van der Waals surface area contributed by atoms with Crippen molar-refractivity contribution in [3.05, 3.63) is 29.8 Å². The predicted octanol–water partition coefficient (Wildman–Crippen LogP) is 1.40. The number of dihydropyridines is 1. The molecule has 1 N–H and O–H groups in total. The first-order valence-corrected chi connectivity index (χ1v) is 3.43. The molecular formula is C8H10N. The lowest BCUT2D eigenvalue weighted by Gasteiger charge is -2.09. The van der Waals surface area contributed by atoms with Crippen LogP contribution in [-0.4, -0.2) is 6.54 Å². The van der Waals surface area contributed by atoms with Gasteiger partial charge in [-0.05, 0) is 24.8 Å². The highest BCUT2D eigenvalue weighted by Gasteiger charge is 2.13. The van der Waals surface area contributed by atoms with Gasteiger partial charge < -0.3 is 5.32 Å². The lowest BCUT2D eigenvalue weighted by atomic mass is 10.2. The molecule has 0 bridgehead atoms. The van der Waals surface area contributed by atoms with Gasteiger partial charge in [0.25, 0.3) is 0 Å². The monoisotopic (exact) mass is 120 g/mol. The van der Waals surface area contributed by atoms with E-state index in [0.29, 0.717) is 0 Å². The fourth-order valence-corrected chi connectivity index (χ4v) is 1.37. The average Bonchev–Trinajstić information content (AvgIpc) is 2.33. The van der Waals surface area contributed by atoms with Crippen LogP contribution in [0.4, 0.5) is 0 Å². The Balaban J connectivity index is 2.28. The van der Waals surface area contributed by atoms with Crippen molar-refractivity contribution < 1.29 is 0 Å². The van der Waals surface area contributed by atoms with Gasteiger partial charge in [-0.1, -0.05) is 12.2 Å². The third kappa shape index (κ3) is 0.766. The third-order valence-electron chi connectivity index (χ3n) is 1.84. The standard InChI is InChI=1S/C8H10N/c1-3-7-4-2-6-9-8(7)5-1/h2-4,9H,1,5-6H2. The molecule has 2 aliphatic rings. The zero-order chi connectivity index (χ0) is 6.10. The SMILES string of the molecule is [CH]1CCC2=C1C=CCN2. The number of nitrogens with one attached hydrogen (secondary N) is 1. The highest BCUT2D eigenvalue weighted by Crippen LogP contribution is 2.25. The zero-order valence-electron chi connectivity index (χ0n) is 5.35. The summed E-state index contributed by atoms with van der Waals surface area (Å²) in [5.74, 6) is 0. The van der Waals surface area contributed by atoms with E-state index < -0.39 is 0 Å². The van der Waals surface area contributed by atoms with Crippen molar-refractivity contribution in [2.45, 2.75) is 12.8 Å². The molecule has 0 spiro atoms. The first kappa shape index (κ1) is 5.10. The van der Waals surface area contributed by atoms with Crippen LogP contribution < -0.4 is 5.32 Å². The van der Waals surface area contributed by atoms with Gasteiger partial charge in [0.1, 0.15) is 0 Å². The normalized spacial score (nSPS) is 24.0. The van der Waals surface area contributed by atoms with Crippen molar-refractivity contribution in [2.75, 3.05) is 6.54 Å². The van der Waals surface area contributed by atoms with E-state index >= 15 is 0 Å². The molecule has 0 unspecified atom stereocenters. The quantitative estimate of drug-likeness (QED) is 0.509. The molecule has 0 atom stereocenters. The molecular weight excluding hydrogens is 110 g/mol. The lowest BCUT2D eigenvalue weighted by Crippen LogP contribution is -2.15. The molecule has 1 radical (unpaired) electrons. The van der Waals surface area contributed by atoms with Crippen LogP contribution in [0, 0.1) is 6.42 Å². The molecule has 2 rings (SSSR count). The van der Waals surface area contributed by atoms with E-state index in [1.807, 2.05) is 0 Å². The van der Waals surface area contributed by atoms with Crippen LogP contribution >= 0.6 is 0 Å². The van der Waals surface area contributed by atoms with Gasteiger partial charge in [-0.3, -0.25) is 0 Å². The maximum Gasteiger partial charge on any atom is 0.0331 e. The van der Waals surface area contributed by atoms with Crippen LogP contribution in [0.15, 0.2) is 23.4 Å². The summed E-state index contributed by atoms with van der Waals surface area (Å²) in [5.41, 5.74) is 2.86. The Morgan fingerprint density at radius 3 is 3.33 bits per heavy atom. The molecule has 0 aromatic carbocycles. The van der Waals surface area contributed by atoms with Crippen molar-refractivity contribution in [1.82, 2.24) is 5.32 Å². The molecule has 0 amide bonds. The summed E-state index contributed by atoms with van der Waals surface area (Å²) >= 11 is 0. The summed E-state index contributed by atoms with van der Waals surface area (Å²) in [5, 5.41) is 3.34. The first-order chi connectivity index (χ1) is 4.47. The summed E-state index contributed by atoms with van der Waals surface area (Å²) < 4.78 is 0. The summed E-state index contributed by atoms with van der Waals surface area (Å²) in [6.07, 6.45) is 9.11. The van der Waals surface area contributed by atoms with Crippen molar-refractivity contribution in [3.63, 3.8) is 0 Å². The van der Waals surface area contributed by atoms with Crippen molar-refractivity contribution in [1.29, 1.82) is 0 Å². The van der Waals surface area contributed by atoms with E-state index in [4.69, 9.17) is 0 Å². The molecule has 1 nitrogen and oxygen atoms in total. The number of hydrogen-bond acceptors (Lipinski definition) is 1. The van der Waals surface area contributed by atoms with Gasteiger partial charge in [-0.15, -0.1) is 0 Å². The average molecular weight is 120 g/mol. The molecule has 0 aromatic heterocycles. The summed E-state index contributed by atoms with van der Waals surface area (Å²) in [6, 6.07) is 0. The number of allylic oxidation sites excluding steroid dienone is 3. The fourth-order valence-electron chi connectivity index (χ4n) is 1.37. The minimum absolute atomic E-state index is 1.02. The predicted molar refractivity (Wildman–Crippen MR) is 37.7 cm³/mol. The first-order valence-electron chi connectivity index (χ1n) is 3.43. The van der Waals surface area contributed by atoms with Crippen molar-refractivity contribution in [2.24, 2.45) is 0 Å². The van der Waals surface area contributed by atoms with E-state index in [0.717, 1.165) is 6.54 Å². The minimum Gasteiger partial charge on any atom is -0.385 e. The minimum atomic E-state index is 1.02. The molecule has 1 aliphatic heterocycles. The van der Waals surface area contributed by atoms with Gasteiger partial charge in [0, 0.05) is 12.2 Å². The van der Waals surface area contributed by atoms with E-state index in [-0.39, 0.29) is 0 Å². The van der Waals surface area contributed by atoms with E-state index in [9.17, 15) is 0 Å². The molecule has 9 heavy (non-hydrogen) atoms. The summed E-state index contributed by atoms with van der Waals surface area (Å²) in [7, 11) is 0. The second-order valence-corrected chi connectivity index (χ2v) is 2.46. The molecule has 0 fully saturated rings. The Bertz CT molecular complexity index is 177. The lowest BCUT2D eigenvalue weighted by molar-refractivity contribution is 0.826. The van der Waals surface area contributed by atoms with Crippen LogP contribution in [-0.2, 0) is 0 Å². The van der Waals surface area contributed by atoms with Crippen LogP contribution in [0.1, 0.15) is 12.8 Å². The van der Waals surface area contributed by atoms with Gasteiger partial charge in [0.15, 0.2) is 0 Å². The van der Waals surface area contributed by atoms with E-state index in [1.165, 1.54) is 24.1 Å². The summed E-state index contributed by atoms with van der Waals surface area (Å²) in [6.45, 7) is 1.02. The molecule has 1 aliphatic carbocycles. The van der Waals surface area contributed by atoms with Crippen LogP contribution in [0.5, 0.6) is 0 Å². The van der Waals surface area contributed by atoms with E-state index in [1.54, 1.807) is 0 Å². The van der Waals surface area contributed by atoms with Crippen LogP contribution in [0.25, 0.3) is 0 Å². The topological polar surface area (TPSA) is 12.0 Å². The summed E-state index contributed by atoms with van der Waals surface area (Å²) in [4.78, 5) is 0. The second kappa shape index (κ2) is 1.90. The van der Waals surface area contributed by atoms with Gasteiger partial charge in [0.2, 0.25) is 0 Å². The van der Waals surface area contributed by atoms with Gasteiger partial charge in [0.05, 0.1) is 0 Å². The molecule has 1 heteroatoms. The maximum absolute atomic E-state index is 3.34.